The fourth-order valence-corrected chi connectivity index (χ4v) is 8.86. The number of hydrogen-bond acceptors (Lipinski definition) is 11. The van der Waals surface area contributed by atoms with Gasteiger partial charge in [-0.3, -0.25) is 9.59 Å². The van der Waals surface area contributed by atoms with E-state index in [2.05, 4.69) is 75.5 Å². The average Bonchev–Trinajstić information content (AvgIpc) is 3.35. The van der Waals surface area contributed by atoms with Crippen LogP contribution in [0.1, 0.15) is 89.2 Å². The van der Waals surface area contributed by atoms with Crippen molar-refractivity contribution in [2.24, 2.45) is 32.3 Å². The third-order valence-electron chi connectivity index (χ3n) is 13.0. The molecule has 0 aliphatic carbocycles. The highest BCUT2D eigenvalue weighted by Crippen LogP contribution is 2.37. The molecule has 70 heavy (non-hydrogen) atoms. The summed E-state index contributed by atoms with van der Waals surface area (Å²) in [5.74, 6) is -2.15. The van der Waals surface area contributed by atoms with Gasteiger partial charge in [0, 0.05) is 52.4 Å². The van der Waals surface area contributed by atoms with E-state index in [1.54, 1.807) is 6.92 Å². The second-order valence-corrected chi connectivity index (χ2v) is 18.6. The first-order valence-electron chi connectivity index (χ1n) is 23.3. The Bertz CT molecular complexity index is 2340. The Morgan fingerprint density at radius 2 is 0.986 bits per heavy atom. The van der Waals surface area contributed by atoms with E-state index < -0.39 is 11.8 Å². The van der Waals surface area contributed by atoms with Crippen LogP contribution in [0.25, 0.3) is 0 Å². The zero-order valence-corrected chi connectivity index (χ0v) is 40.9. The van der Waals surface area contributed by atoms with Gasteiger partial charge in [0.25, 0.3) is 0 Å². The largest absolute Gasteiger partial charge is 0.382 e. The predicted molar refractivity (Wildman–Crippen MR) is 272 cm³/mol. The van der Waals surface area contributed by atoms with Crippen LogP contribution in [-0.4, -0.2) is 118 Å². The van der Waals surface area contributed by atoms with E-state index in [9.17, 15) is 19.2 Å². The number of rotatable bonds is 17. The maximum atomic E-state index is 13.3. The number of hydrogen-bond donors (Lipinski definition) is 9. The van der Waals surface area contributed by atoms with Crippen molar-refractivity contribution in [1.29, 1.82) is 0 Å². The molecule has 4 heterocycles. The number of nitrogens with two attached hydrogens (primary N) is 5. The van der Waals surface area contributed by atoms with Crippen LogP contribution in [0.4, 0.5) is 27.0 Å². The second-order valence-electron chi connectivity index (χ2n) is 17.9. The highest BCUT2D eigenvalue weighted by atomic mass is 35.5. The van der Waals surface area contributed by atoms with Gasteiger partial charge in [-0.15, -0.1) is 0 Å². The number of aliphatic imine (C=N–C) groups is 2. The number of aromatic nitrogens is 4. The van der Waals surface area contributed by atoms with E-state index in [4.69, 9.17) is 51.9 Å². The number of aryl methyl sites for hydroxylation is 3. The Morgan fingerprint density at radius 1 is 0.586 bits per heavy atom. The molecule has 2 saturated heterocycles. The average molecular weight is 1000 g/mol. The molecular formula is C47H63Cl2N17O4. The van der Waals surface area contributed by atoms with Crippen molar-refractivity contribution in [3.8, 4) is 0 Å². The van der Waals surface area contributed by atoms with Crippen LogP contribution in [0.15, 0.2) is 70.6 Å². The van der Waals surface area contributed by atoms with Gasteiger partial charge in [0.05, 0.1) is 5.69 Å². The number of guanidine groups is 2. The van der Waals surface area contributed by atoms with Crippen molar-refractivity contribution in [3.63, 3.8) is 0 Å². The molecule has 2 aliphatic rings. The number of unbranched alkanes of at least 4 members (excludes halogenated alkanes) is 1. The van der Waals surface area contributed by atoms with Gasteiger partial charge in [0.2, 0.25) is 0 Å². The molecule has 0 spiro atoms. The number of benzene rings is 2. The summed E-state index contributed by atoms with van der Waals surface area (Å²) in [7, 11) is 0. The lowest BCUT2D eigenvalue weighted by Gasteiger charge is -2.42. The Morgan fingerprint density at radius 3 is 1.41 bits per heavy atom. The first kappa shape index (κ1) is 52.4. The van der Waals surface area contributed by atoms with E-state index in [1.807, 2.05) is 46.2 Å². The molecule has 0 bridgehead atoms. The van der Waals surface area contributed by atoms with Crippen LogP contribution in [0.3, 0.4) is 0 Å². The topological polar surface area (TPSA) is 329 Å². The van der Waals surface area contributed by atoms with Crippen LogP contribution in [0.2, 0.25) is 10.3 Å². The van der Waals surface area contributed by atoms with Crippen molar-refractivity contribution < 1.29 is 19.2 Å². The number of carbonyl (C=O) groups is 4. The molecule has 2 aliphatic heterocycles. The fourth-order valence-electron chi connectivity index (χ4n) is 8.60. The smallest absolute Gasteiger partial charge is 0.317 e. The molecule has 0 atom stereocenters. The van der Waals surface area contributed by atoms with Crippen LogP contribution < -0.4 is 49.9 Å². The number of nitrogen functional groups attached to an aromatic ring is 3. The van der Waals surface area contributed by atoms with Gasteiger partial charge in [-0.05, 0) is 93.1 Å². The van der Waals surface area contributed by atoms with Gasteiger partial charge < -0.3 is 59.7 Å². The van der Waals surface area contributed by atoms with E-state index in [0.29, 0.717) is 96.6 Å². The summed E-state index contributed by atoms with van der Waals surface area (Å²) >= 11 is 12.0. The standard InChI is InChI=1S/C47H63Cl2N17O4/c1-30-35(48)60-33(37(50)59-30)40(67)63-42(53)57-28-46(16-14-31-10-4-2-5-11-31)18-24-65(25-19-46)44(69)55-22-8-9-23-56-45(70)66-26-20-47(21-27-66,17-15-32-12-6-3-7-13-32)29-58-43(54)64-41(68)34-38(51)62-39(52)36(49)61-34/h2-7,10-13H,8-9,14-29H2,1H3,(H2,50,59)(H,55,69)(H,56,70)(H4,51,52,62)(H3,53,57,63,67)(H3,54,58,64,68). The lowest BCUT2D eigenvalue weighted by Crippen LogP contribution is -2.51. The maximum Gasteiger partial charge on any atom is 0.317 e. The van der Waals surface area contributed by atoms with Gasteiger partial charge in [0.15, 0.2) is 51.1 Å². The monoisotopic (exact) mass is 999 g/mol. The number of nitrogens with one attached hydrogen (secondary N) is 4. The summed E-state index contributed by atoms with van der Waals surface area (Å²) in [6, 6.07) is 20.1. The molecular weight excluding hydrogens is 938 g/mol. The summed E-state index contributed by atoms with van der Waals surface area (Å²) in [6.07, 6.45) is 7.44. The third kappa shape index (κ3) is 14.8. The molecule has 23 heteroatoms. The number of halogens is 2. The Hall–Kier alpha value is -7.00. The highest BCUT2D eigenvalue weighted by molar-refractivity contribution is 6.31. The SMILES string of the molecule is Cc1nc(N)c(C(=O)/N=C(\N)NCC2(CCc3ccccc3)CCN(C(=O)NCCCCNC(=O)N3CCC(CCc4ccccc4)(CN/C(N)=N/C(=O)c4nc(Cl)c(N)nc4N)CC3)CC2)nc1Cl. The minimum Gasteiger partial charge on any atom is -0.382 e. The Kier molecular flexibility index (Phi) is 18.3. The minimum atomic E-state index is -0.811. The number of amides is 6. The van der Waals surface area contributed by atoms with Gasteiger partial charge >= 0.3 is 23.9 Å². The second kappa shape index (κ2) is 24.5. The van der Waals surface area contributed by atoms with Crippen LogP contribution in [0.5, 0.6) is 0 Å². The highest BCUT2D eigenvalue weighted by Gasteiger charge is 2.37. The number of likely N-dealkylation sites (tertiary alicyclic amines) is 2. The quantitative estimate of drug-likeness (QED) is 0.0409. The normalized spacial score (nSPS) is 15.8. The van der Waals surface area contributed by atoms with E-state index >= 15 is 0 Å². The molecule has 0 radical (unpaired) electrons. The van der Waals surface area contributed by atoms with E-state index in [0.717, 1.165) is 25.7 Å². The molecule has 2 fully saturated rings. The van der Waals surface area contributed by atoms with Crippen molar-refractivity contribution >= 4 is 76.5 Å². The van der Waals surface area contributed by atoms with Crippen LogP contribution >= 0.6 is 23.2 Å². The van der Waals surface area contributed by atoms with Gasteiger partial charge in [-0.25, -0.2) is 29.5 Å². The Labute approximate surface area is 417 Å². The lowest BCUT2D eigenvalue weighted by atomic mass is 9.74. The third-order valence-corrected chi connectivity index (χ3v) is 13.7. The molecule has 14 N–H and O–H groups in total. The molecule has 2 aromatic carbocycles. The van der Waals surface area contributed by atoms with Crippen LogP contribution in [0, 0.1) is 17.8 Å². The fraction of sp³-hybridized carbons (Fsp3) is 0.447. The summed E-state index contributed by atoms with van der Waals surface area (Å²) in [6.45, 7) is 5.53. The maximum absolute atomic E-state index is 13.3. The minimum absolute atomic E-state index is 0.0538. The Balaban J connectivity index is 0.931. The van der Waals surface area contributed by atoms with Crippen molar-refractivity contribution in [1.82, 2.24) is 51.0 Å². The zero-order valence-electron chi connectivity index (χ0n) is 39.4. The number of anilines is 3. The number of nitrogens with zero attached hydrogens (tertiary/aromatic N) is 8. The van der Waals surface area contributed by atoms with Gasteiger partial charge in [0.1, 0.15) is 0 Å². The molecule has 2 aromatic heterocycles. The number of urea groups is 2. The molecule has 6 rings (SSSR count). The molecule has 21 nitrogen and oxygen atoms in total. The number of carbonyl (C=O) groups excluding carboxylic acids is 4. The lowest BCUT2D eigenvalue weighted by molar-refractivity contribution is 0.0988. The predicted octanol–water partition coefficient (Wildman–Crippen LogP) is 4.05. The van der Waals surface area contributed by atoms with E-state index in [1.165, 1.54) is 11.1 Å². The van der Waals surface area contributed by atoms with Gasteiger partial charge in [-0.2, -0.15) is 9.98 Å². The zero-order chi connectivity index (χ0) is 50.3. The van der Waals surface area contributed by atoms with Gasteiger partial charge in [-0.1, -0.05) is 83.9 Å². The molecule has 4 aromatic rings. The van der Waals surface area contributed by atoms with Crippen molar-refractivity contribution in [2.75, 3.05) is 69.6 Å². The molecule has 0 saturated carbocycles. The molecule has 6 amide bonds. The van der Waals surface area contributed by atoms with Crippen molar-refractivity contribution in [3.05, 3.63) is 99.2 Å². The summed E-state index contributed by atoms with van der Waals surface area (Å²) in [5.41, 5.74) is 31.6. The van der Waals surface area contributed by atoms with E-state index in [-0.39, 0.29) is 74.0 Å². The molecule has 374 valence electrons. The van der Waals surface area contributed by atoms with Crippen LogP contribution in [-0.2, 0) is 12.8 Å². The summed E-state index contributed by atoms with van der Waals surface area (Å²) < 4.78 is 0. The summed E-state index contributed by atoms with van der Waals surface area (Å²) in [4.78, 5) is 79.7. The van der Waals surface area contributed by atoms with Crippen molar-refractivity contribution in [2.45, 2.75) is 71.1 Å². The summed E-state index contributed by atoms with van der Waals surface area (Å²) in [5, 5.41) is 12.2. The number of piperidine rings is 2. The molecule has 0 unspecified atom stereocenters. The first-order valence-corrected chi connectivity index (χ1v) is 24.1. The first-order chi connectivity index (χ1) is 33.5.